The van der Waals surface area contributed by atoms with Gasteiger partial charge in [0, 0.05) is 0 Å². The fraction of sp³-hybridized carbons (Fsp3) is 0.0909. The summed E-state index contributed by atoms with van der Waals surface area (Å²) < 4.78 is 15.7. The first-order valence-electron chi connectivity index (χ1n) is 8.30. The van der Waals surface area contributed by atoms with Crippen molar-refractivity contribution in [1.29, 1.82) is 0 Å². The Morgan fingerprint density at radius 3 is 1.41 bits per heavy atom. The first-order chi connectivity index (χ1) is 13.0. The summed E-state index contributed by atoms with van der Waals surface area (Å²) in [6.07, 6.45) is 0. The normalized spacial score (nSPS) is 10.1. The molecule has 3 rings (SSSR count). The molecule has 0 aliphatic carbocycles. The molecule has 3 aromatic rings. The highest BCUT2D eigenvalue weighted by molar-refractivity contribution is 5.92. The van der Waals surface area contributed by atoms with Crippen LogP contribution in [0.2, 0.25) is 0 Å². The average Bonchev–Trinajstić information content (AvgIpc) is 2.69. The highest BCUT2D eigenvalue weighted by Crippen LogP contribution is 2.20. The lowest BCUT2D eigenvalue weighted by Crippen LogP contribution is -2.10. The molecular formula is C22H18O5. The van der Waals surface area contributed by atoms with Crippen molar-refractivity contribution in [1.82, 2.24) is 0 Å². The Balaban J connectivity index is 1.62. The summed E-state index contributed by atoms with van der Waals surface area (Å²) >= 11 is 0. The van der Waals surface area contributed by atoms with E-state index in [0.29, 0.717) is 28.4 Å². The number of methoxy groups -OCH3 is 1. The van der Waals surface area contributed by atoms with Crippen LogP contribution in [0.5, 0.6) is 17.2 Å². The largest absolute Gasteiger partial charge is 0.497 e. The Morgan fingerprint density at radius 2 is 0.963 bits per heavy atom. The highest BCUT2D eigenvalue weighted by atomic mass is 16.5. The third kappa shape index (κ3) is 4.73. The van der Waals surface area contributed by atoms with E-state index >= 15 is 0 Å². The zero-order valence-corrected chi connectivity index (χ0v) is 15.0. The Bertz CT molecular complexity index is 926. The summed E-state index contributed by atoms with van der Waals surface area (Å²) in [5.41, 5.74) is 1.87. The highest BCUT2D eigenvalue weighted by Gasteiger charge is 2.11. The molecule has 0 atom stereocenters. The summed E-state index contributed by atoms with van der Waals surface area (Å²) in [6.45, 7) is 1.94. The predicted molar refractivity (Wildman–Crippen MR) is 101 cm³/mol. The number of rotatable bonds is 5. The van der Waals surface area contributed by atoms with Gasteiger partial charge in [-0.25, -0.2) is 9.59 Å². The van der Waals surface area contributed by atoms with Crippen molar-refractivity contribution in [2.24, 2.45) is 0 Å². The van der Waals surface area contributed by atoms with Gasteiger partial charge in [0.1, 0.15) is 17.2 Å². The maximum absolute atomic E-state index is 12.2. The van der Waals surface area contributed by atoms with Crippen molar-refractivity contribution < 1.29 is 23.8 Å². The second-order valence-electron chi connectivity index (χ2n) is 5.84. The quantitative estimate of drug-likeness (QED) is 0.496. The lowest BCUT2D eigenvalue weighted by molar-refractivity contribution is 0.0730. The smallest absolute Gasteiger partial charge is 0.343 e. The number of hydrogen-bond acceptors (Lipinski definition) is 5. The Labute approximate surface area is 157 Å². The summed E-state index contributed by atoms with van der Waals surface area (Å²) in [5, 5.41) is 0. The molecule has 0 aromatic heterocycles. The lowest BCUT2D eigenvalue weighted by atomic mass is 10.1. The van der Waals surface area contributed by atoms with Gasteiger partial charge in [-0.2, -0.15) is 0 Å². The van der Waals surface area contributed by atoms with Gasteiger partial charge in [0.05, 0.1) is 18.2 Å². The monoisotopic (exact) mass is 362 g/mol. The molecule has 0 bridgehead atoms. The van der Waals surface area contributed by atoms with Crippen molar-refractivity contribution >= 4 is 11.9 Å². The molecule has 0 radical (unpaired) electrons. The molecule has 0 heterocycles. The zero-order chi connectivity index (χ0) is 19.2. The summed E-state index contributed by atoms with van der Waals surface area (Å²) in [6, 6.07) is 20.0. The van der Waals surface area contributed by atoms with E-state index in [2.05, 4.69) is 0 Å². The van der Waals surface area contributed by atoms with E-state index < -0.39 is 11.9 Å². The minimum Gasteiger partial charge on any atom is -0.497 e. The average molecular weight is 362 g/mol. The molecule has 0 unspecified atom stereocenters. The molecule has 136 valence electrons. The summed E-state index contributed by atoms with van der Waals surface area (Å²) in [5.74, 6) is 0.479. The van der Waals surface area contributed by atoms with Gasteiger partial charge in [0.25, 0.3) is 0 Å². The molecule has 0 spiro atoms. The van der Waals surface area contributed by atoms with Gasteiger partial charge in [-0.1, -0.05) is 17.7 Å². The minimum absolute atomic E-state index is 0.348. The van der Waals surface area contributed by atoms with Gasteiger partial charge in [0.15, 0.2) is 0 Å². The van der Waals surface area contributed by atoms with Crippen LogP contribution in [0.15, 0.2) is 72.8 Å². The fourth-order valence-corrected chi connectivity index (χ4v) is 2.32. The standard InChI is InChI=1S/C22H18O5/c1-15-3-5-16(6-4-15)21(23)26-19-9-7-17(8-10-19)22(24)27-20-13-11-18(25-2)12-14-20/h3-14H,1-2H3. The number of aryl methyl sites for hydroxylation is 1. The van der Waals surface area contributed by atoms with Crippen molar-refractivity contribution in [3.63, 3.8) is 0 Å². The van der Waals surface area contributed by atoms with E-state index in [1.807, 2.05) is 19.1 Å². The first kappa shape index (κ1) is 18.2. The molecular weight excluding hydrogens is 344 g/mol. The van der Waals surface area contributed by atoms with Crippen molar-refractivity contribution in [2.75, 3.05) is 7.11 Å². The van der Waals surface area contributed by atoms with Gasteiger partial charge >= 0.3 is 11.9 Å². The number of ether oxygens (including phenoxy) is 3. The lowest BCUT2D eigenvalue weighted by Gasteiger charge is -2.07. The second kappa shape index (κ2) is 8.19. The third-order valence-electron chi connectivity index (χ3n) is 3.86. The van der Waals surface area contributed by atoms with Crippen LogP contribution in [0.1, 0.15) is 26.3 Å². The SMILES string of the molecule is COc1ccc(OC(=O)c2ccc(OC(=O)c3ccc(C)cc3)cc2)cc1. The van der Waals surface area contributed by atoms with Crippen LogP contribution in [0, 0.1) is 6.92 Å². The topological polar surface area (TPSA) is 61.8 Å². The zero-order valence-electron chi connectivity index (χ0n) is 15.0. The number of hydrogen-bond donors (Lipinski definition) is 0. The van der Waals surface area contributed by atoms with Crippen LogP contribution in [-0.4, -0.2) is 19.0 Å². The molecule has 0 aliphatic rings. The van der Waals surface area contributed by atoms with Gasteiger partial charge in [-0.05, 0) is 67.6 Å². The van der Waals surface area contributed by atoms with Crippen molar-refractivity contribution in [3.8, 4) is 17.2 Å². The van der Waals surface area contributed by atoms with Crippen LogP contribution in [0.3, 0.4) is 0 Å². The summed E-state index contributed by atoms with van der Waals surface area (Å²) in [7, 11) is 1.56. The molecule has 5 heteroatoms. The Hall–Kier alpha value is -3.60. The van der Waals surface area contributed by atoms with Crippen LogP contribution in [0.25, 0.3) is 0 Å². The minimum atomic E-state index is -0.503. The first-order valence-corrected chi connectivity index (χ1v) is 8.30. The number of benzene rings is 3. The number of carbonyl (C=O) groups excluding carboxylic acids is 2. The van der Waals surface area contributed by atoms with Gasteiger partial charge in [-0.15, -0.1) is 0 Å². The van der Waals surface area contributed by atoms with Crippen molar-refractivity contribution in [2.45, 2.75) is 6.92 Å². The van der Waals surface area contributed by atoms with Gasteiger partial charge in [0.2, 0.25) is 0 Å². The molecule has 0 amide bonds. The number of carbonyl (C=O) groups is 2. The Kier molecular flexibility index (Phi) is 5.52. The van der Waals surface area contributed by atoms with Crippen LogP contribution in [-0.2, 0) is 0 Å². The molecule has 3 aromatic carbocycles. The fourth-order valence-electron chi connectivity index (χ4n) is 2.32. The molecule has 0 N–H and O–H groups in total. The Morgan fingerprint density at radius 1 is 0.593 bits per heavy atom. The predicted octanol–water partition coefficient (Wildman–Crippen LogP) is 4.44. The van der Waals surface area contributed by atoms with Gasteiger partial charge < -0.3 is 14.2 Å². The van der Waals surface area contributed by atoms with Crippen LogP contribution in [0.4, 0.5) is 0 Å². The van der Waals surface area contributed by atoms with Crippen molar-refractivity contribution in [3.05, 3.63) is 89.5 Å². The van der Waals surface area contributed by atoms with E-state index in [1.54, 1.807) is 67.8 Å². The van der Waals surface area contributed by atoms with E-state index in [9.17, 15) is 9.59 Å². The molecule has 0 aliphatic heterocycles. The van der Waals surface area contributed by atoms with E-state index in [4.69, 9.17) is 14.2 Å². The van der Waals surface area contributed by atoms with Gasteiger partial charge in [-0.3, -0.25) is 0 Å². The van der Waals surface area contributed by atoms with E-state index in [-0.39, 0.29) is 0 Å². The molecule has 0 fully saturated rings. The van der Waals surface area contributed by atoms with Crippen LogP contribution >= 0.6 is 0 Å². The van der Waals surface area contributed by atoms with E-state index in [1.165, 1.54) is 0 Å². The summed E-state index contributed by atoms with van der Waals surface area (Å²) in [4.78, 5) is 24.3. The second-order valence-corrected chi connectivity index (χ2v) is 5.84. The van der Waals surface area contributed by atoms with E-state index in [0.717, 1.165) is 5.56 Å². The maximum atomic E-state index is 12.2. The molecule has 0 saturated carbocycles. The molecule has 0 saturated heterocycles. The number of esters is 2. The molecule has 27 heavy (non-hydrogen) atoms. The molecule has 5 nitrogen and oxygen atoms in total. The third-order valence-corrected chi connectivity index (χ3v) is 3.86. The van der Waals surface area contributed by atoms with Crippen LogP contribution < -0.4 is 14.2 Å². The maximum Gasteiger partial charge on any atom is 0.343 e.